The first kappa shape index (κ1) is 14.3. The van der Waals surface area contributed by atoms with Crippen molar-refractivity contribution >= 4 is 0 Å². The highest BCUT2D eigenvalue weighted by Crippen LogP contribution is 2.29. The number of methoxy groups -OCH3 is 1. The minimum Gasteiger partial charge on any atom is -0.391 e. The maximum Gasteiger partial charge on any atom is 0.0777 e. The number of rotatable bonds is 2. The largest absolute Gasteiger partial charge is 0.391 e. The second kappa shape index (κ2) is 6.36. The van der Waals surface area contributed by atoms with Gasteiger partial charge in [-0.15, -0.1) is 0 Å². The van der Waals surface area contributed by atoms with Crippen LogP contribution in [0.2, 0.25) is 0 Å². The molecule has 0 aromatic carbocycles. The highest BCUT2D eigenvalue weighted by Gasteiger charge is 2.36. The molecular weight excluding hydrogens is 226 g/mol. The summed E-state index contributed by atoms with van der Waals surface area (Å²) in [6.07, 6.45) is 9.40. The van der Waals surface area contributed by atoms with E-state index in [9.17, 15) is 5.11 Å². The highest BCUT2D eigenvalue weighted by atomic mass is 16.5. The molecule has 106 valence electrons. The molecule has 1 heterocycles. The number of nitrogens with zero attached hydrogens (tertiary/aromatic N) is 1. The third-order valence-corrected chi connectivity index (χ3v) is 4.84. The Labute approximate surface area is 112 Å². The molecule has 0 spiro atoms. The van der Waals surface area contributed by atoms with E-state index in [-0.39, 0.29) is 11.7 Å². The van der Waals surface area contributed by atoms with Crippen LogP contribution in [0.5, 0.6) is 0 Å². The first-order valence-corrected chi connectivity index (χ1v) is 7.62. The van der Waals surface area contributed by atoms with Gasteiger partial charge in [-0.1, -0.05) is 25.7 Å². The Bertz CT molecular complexity index is 259. The van der Waals surface area contributed by atoms with E-state index >= 15 is 0 Å². The van der Waals surface area contributed by atoms with Crippen molar-refractivity contribution in [2.24, 2.45) is 0 Å². The molecule has 1 N–H and O–H groups in total. The summed E-state index contributed by atoms with van der Waals surface area (Å²) in [7, 11) is 1.82. The van der Waals surface area contributed by atoms with Crippen LogP contribution in [0, 0.1) is 0 Å². The first-order valence-electron chi connectivity index (χ1n) is 7.62. The zero-order chi connectivity index (χ0) is 13.0. The second-order valence-electron chi connectivity index (χ2n) is 6.35. The average Bonchev–Trinajstić information content (AvgIpc) is 2.34. The lowest BCUT2D eigenvalue weighted by atomic mass is 9.88. The maximum atomic E-state index is 10.4. The molecule has 3 atom stereocenters. The Hall–Kier alpha value is -0.120. The number of piperidine rings is 1. The van der Waals surface area contributed by atoms with Crippen molar-refractivity contribution < 1.29 is 9.84 Å². The standard InChI is InChI=1S/C15H29NO2/c1-15(18-2)10-7-11-16(12-15)13-8-5-3-4-6-9-14(13)17/h13-14,17H,3-12H2,1-2H3. The average molecular weight is 255 g/mol. The van der Waals surface area contributed by atoms with Crippen LogP contribution in [0.1, 0.15) is 58.3 Å². The lowest BCUT2D eigenvalue weighted by molar-refractivity contribution is -0.0798. The second-order valence-corrected chi connectivity index (χ2v) is 6.35. The molecule has 3 nitrogen and oxygen atoms in total. The van der Waals surface area contributed by atoms with Gasteiger partial charge in [-0.25, -0.2) is 0 Å². The first-order chi connectivity index (χ1) is 8.64. The molecule has 1 saturated heterocycles. The molecule has 0 bridgehead atoms. The van der Waals surface area contributed by atoms with Gasteiger partial charge < -0.3 is 9.84 Å². The van der Waals surface area contributed by atoms with Crippen molar-refractivity contribution in [3.63, 3.8) is 0 Å². The quantitative estimate of drug-likeness (QED) is 0.823. The summed E-state index contributed by atoms with van der Waals surface area (Å²) >= 11 is 0. The number of ether oxygens (including phenoxy) is 1. The minimum absolute atomic E-state index is 0.0136. The normalized spacial score (nSPS) is 40.2. The van der Waals surface area contributed by atoms with E-state index in [0.29, 0.717) is 6.04 Å². The molecule has 0 amide bonds. The lowest BCUT2D eigenvalue weighted by Crippen LogP contribution is -2.54. The van der Waals surface area contributed by atoms with Crippen molar-refractivity contribution in [3.05, 3.63) is 0 Å². The summed E-state index contributed by atoms with van der Waals surface area (Å²) in [4.78, 5) is 2.49. The van der Waals surface area contributed by atoms with Crippen molar-refractivity contribution in [2.75, 3.05) is 20.2 Å². The maximum absolute atomic E-state index is 10.4. The summed E-state index contributed by atoms with van der Waals surface area (Å²) in [5.41, 5.74) is -0.0136. The molecule has 18 heavy (non-hydrogen) atoms. The van der Waals surface area contributed by atoms with Crippen LogP contribution < -0.4 is 0 Å². The van der Waals surface area contributed by atoms with Crippen molar-refractivity contribution in [1.29, 1.82) is 0 Å². The van der Waals surface area contributed by atoms with Crippen molar-refractivity contribution in [2.45, 2.75) is 76.0 Å². The Morgan fingerprint density at radius 2 is 1.83 bits per heavy atom. The van der Waals surface area contributed by atoms with Crippen LogP contribution in [0.3, 0.4) is 0 Å². The van der Waals surface area contributed by atoms with E-state index in [1.807, 2.05) is 7.11 Å². The molecule has 0 radical (unpaired) electrons. The fraction of sp³-hybridized carbons (Fsp3) is 1.00. The van der Waals surface area contributed by atoms with Crippen LogP contribution >= 0.6 is 0 Å². The zero-order valence-electron chi connectivity index (χ0n) is 12.0. The molecule has 2 fully saturated rings. The van der Waals surface area contributed by atoms with Gasteiger partial charge in [0, 0.05) is 19.7 Å². The number of hydrogen-bond acceptors (Lipinski definition) is 3. The van der Waals surface area contributed by atoms with E-state index in [0.717, 1.165) is 32.4 Å². The van der Waals surface area contributed by atoms with Gasteiger partial charge in [0.05, 0.1) is 11.7 Å². The number of hydrogen-bond donors (Lipinski definition) is 1. The summed E-state index contributed by atoms with van der Waals surface area (Å²) < 4.78 is 5.67. The predicted octanol–water partition coefficient (Wildman–Crippen LogP) is 2.57. The SMILES string of the molecule is COC1(C)CCCN(C2CCCCCCC2O)C1. The van der Waals surface area contributed by atoms with E-state index in [1.54, 1.807) is 0 Å². The molecule has 0 aromatic heterocycles. The van der Waals surface area contributed by atoms with Gasteiger partial charge in [0.25, 0.3) is 0 Å². The molecular formula is C15H29NO2. The van der Waals surface area contributed by atoms with E-state index in [4.69, 9.17) is 4.74 Å². The van der Waals surface area contributed by atoms with Gasteiger partial charge in [0.2, 0.25) is 0 Å². The van der Waals surface area contributed by atoms with Crippen molar-refractivity contribution in [3.8, 4) is 0 Å². The highest BCUT2D eigenvalue weighted by molar-refractivity contribution is 4.90. The van der Waals surface area contributed by atoms with Gasteiger partial charge in [-0.2, -0.15) is 0 Å². The van der Waals surface area contributed by atoms with Gasteiger partial charge in [-0.3, -0.25) is 4.90 Å². The Morgan fingerprint density at radius 3 is 2.56 bits per heavy atom. The molecule has 2 aliphatic rings. The molecule has 1 aliphatic heterocycles. The number of aliphatic hydroxyl groups excluding tert-OH is 1. The molecule has 1 saturated carbocycles. The summed E-state index contributed by atoms with van der Waals surface area (Å²) in [5.74, 6) is 0. The summed E-state index contributed by atoms with van der Waals surface area (Å²) in [6.45, 7) is 4.31. The number of aliphatic hydroxyl groups is 1. The fourth-order valence-electron chi connectivity index (χ4n) is 3.56. The Kier molecular flexibility index (Phi) is 5.05. The molecule has 0 aromatic rings. The lowest BCUT2D eigenvalue weighted by Gasteiger charge is -2.45. The number of likely N-dealkylation sites (tertiary alicyclic amines) is 1. The third-order valence-electron chi connectivity index (χ3n) is 4.84. The molecule has 1 aliphatic carbocycles. The third kappa shape index (κ3) is 3.46. The summed E-state index contributed by atoms with van der Waals surface area (Å²) in [6, 6.07) is 0.361. The van der Waals surface area contributed by atoms with E-state index < -0.39 is 0 Å². The van der Waals surface area contributed by atoms with E-state index in [2.05, 4.69) is 11.8 Å². The molecule has 2 rings (SSSR count). The minimum atomic E-state index is -0.135. The zero-order valence-corrected chi connectivity index (χ0v) is 12.0. The van der Waals surface area contributed by atoms with Crippen LogP contribution in [0.4, 0.5) is 0 Å². The van der Waals surface area contributed by atoms with Crippen LogP contribution in [0.15, 0.2) is 0 Å². The Morgan fingerprint density at radius 1 is 1.11 bits per heavy atom. The summed E-state index contributed by atoms with van der Waals surface area (Å²) in [5, 5.41) is 10.4. The van der Waals surface area contributed by atoms with Crippen LogP contribution in [-0.2, 0) is 4.74 Å². The van der Waals surface area contributed by atoms with Crippen molar-refractivity contribution in [1.82, 2.24) is 4.90 Å². The van der Waals surface area contributed by atoms with Crippen LogP contribution in [-0.4, -0.2) is 48.0 Å². The fourth-order valence-corrected chi connectivity index (χ4v) is 3.56. The van der Waals surface area contributed by atoms with Gasteiger partial charge in [-0.05, 0) is 39.2 Å². The predicted molar refractivity (Wildman–Crippen MR) is 73.7 cm³/mol. The molecule has 3 unspecified atom stereocenters. The van der Waals surface area contributed by atoms with Gasteiger partial charge in [0.1, 0.15) is 0 Å². The Balaban J connectivity index is 1.99. The van der Waals surface area contributed by atoms with E-state index in [1.165, 1.54) is 32.1 Å². The topological polar surface area (TPSA) is 32.7 Å². The van der Waals surface area contributed by atoms with Gasteiger partial charge >= 0.3 is 0 Å². The van der Waals surface area contributed by atoms with Crippen LogP contribution in [0.25, 0.3) is 0 Å². The monoisotopic (exact) mass is 255 g/mol. The molecule has 3 heteroatoms. The smallest absolute Gasteiger partial charge is 0.0777 e. The van der Waals surface area contributed by atoms with Gasteiger partial charge in [0.15, 0.2) is 0 Å².